The van der Waals surface area contributed by atoms with Gasteiger partial charge < -0.3 is 10.4 Å². The summed E-state index contributed by atoms with van der Waals surface area (Å²) in [5.41, 5.74) is 0.897. The Balaban J connectivity index is 2.54. The summed E-state index contributed by atoms with van der Waals surface area (Å²) >= 11 is 1.66. The predicted octanol–water partition coefficient (Wildman–Crippen LogP) is 2.53. The van der Waals surface area contributed by atoms with Crippen LogP contribution < -0.4 is 5.32 Å². The fourth-order valence-electron chi connectivity index (χ4n) is 1.56. The van der Waals surface area contributed by atoms with Gasteiger partial charge in [0, 0.05) is 17.5 Å². The zero-order valence-corrected chi connectivity index (χ0v) is 11.4. The topological polar surface area (TPSA) is 62.2 Å². The molecule has 96 valence electrons. The average Bonchev–Trinajstić information content (AvgIpc) is 2.71. The van der Waals surface area contributed by atoms with Gasteiger partial charge in [-0.15, -0.1) is 11.3 Å². The van der Waals surface area contributed by atoms with Gasteiger partial charge in [0.1, 0.15) is 5.01 Å². The van der Waals surface area contributed by atoms with Crippen LogP contribution in [0.3, 0.4) is 0 Å². The van der Waals surface area contributed by atoms with Crippen LogP contribution in [0, 0.1) is 6.92 Å². The molecule has 0 saturated heterocycles. The highest BCUT2D eigenvalue weighted by atomic mass is 32.1. The van der Waals surface area contributed by atoms with Crippen molar-refractivity contribution in [1.82, 2.24) is 10.3 Å². The minimum absolute atomic E-state index is 0.141. The molecule has 1 unspecified atom stereocenters. The number of aromatic nitrogens is 1. The van der Waals surface area contributed by atoms with Crippen LogP contribution in [0.5, 0.6) is 0 Å². The molecular formula is C12H20N2O2S. The second-order valence-electron chi connectivity index (χ2n) is 4.40. The van der Waals surface area contributed by atoms with E-state index in [0.29, 0.717) is 13.0 Å². The predicted molar refractivity (Wildman–Crippen MR) is 69.4 cm³/mol. The van der Waals surface area contributed by atoms with Crippen molar-refractivity contribution in [2.45, 2.75) is 45.6 Å². The molecule has 1 rings (SSSR count). The molecular weight excluding hydrogens is 236 g/mol. The van der Waals surface area contributed by atoms with Gasteiger partial charge in [0.15, 0.2) is 0 Å². The molecule has 1 aromatic rings. The van der Waals surface area contributed by atoms with E-state index in [2.05, 4.69) is 24.1 Å². The lowest BCUT2D eigenvalue weighted by Gasteiger charge is -2.27. The standard InChI is InChI=1S/C12H20N2O2S/c1-4-12(3,11-14-9(2)8-17-11)13-7-5-6-10(15)16/h8,13H,4-7H2,1-3H3,(H,15,16). The largest absolute Gasteiger partial charge is 0.481 e. The number of carboxylic acid groups (broad SMARTS) is 1. The van der Waals surface area contributed by atoms with E-state index in [9.17, 15) is 4.79 Å². The Labute approximate surface area is 106 Å². The number of nitrogens with zero attached hydrogens (tertiary/aromatic N) is 1. The molecule has 0 bridgehead atoms. The van der Waals surface area contributed by atoms with Gasteiger partial charge in [0.25, 0.3) is 0 Å². The van der Waals surface area contributed by atoms with Gasteiger partial charge in [-0.3, -0.25) is 4.79 Å². The first kappa shape index (κ1) is 14.1. The van der Waals surface area contributed by atoms with Crippen LogP contribution in [0.4, 0.5) is 0 Å². The number of thiazole rings is 1. The molecule has 0 aliphatic heterocycles. The van der Waals surface area contributed by atoms with Crippen LogP contribution in [0.1, 0.15) is 43.8 Å². The molecule has 1 heterocycles. The first-order chi connectivity index (χ1) is 7.98. The van der Waals surface area contributed by atoms with Crippen molar-refractivity contribution in [2.75, 3.05) is 6.54 Å². The summed E-state index contributed by atoms with van der Waals surface area (Å²) in [4.78, 5) is 14.9. The molecule has 0 saturated carbocycles. The van der Waals surface area contributed by atoms with Crippen molar-refractivity contribution in [3.8, 4) is 0 Å². The molecule has 0 aliphatic rings. The fourth-order valence-corrected chi connectivity index (χ4v) is 2.57. The summed E-state index contributed by atoms with van der Waals surface area (Å²) in [6.45, 7) is 6.92. The maximum absolute atomic E-state index is 10.4. The molecule has 0 amide bonds. The zero-order valence-electron chi connectivity index (χ0n) is 10.6. The van der Waals surface area contributed by atoms with Gasteiger partial charge in [-0.1, -0.05) is 6.92 Å². The maximum atomic E-state index is 10.4. The highest BCUT2D eigenvalue weighted by Crippen LogP contribution is 2.27. The molecule has 0 radical (unpaired) electrons. The van der Waals surface area contributed by atoms with E-state index in [1.807, 2.05) is 12.3 Å². The van der Waals surface area contributed by atoms with Crippen LogP contribution in [0.2, 0.25) is 0 Å². The Hall–Kier alpha value is -0.940. The lowest BCUT2D eigenvalue weighted by atomic mass is 9.99. The molecule has 0 fully saturated rings. The lowest BCUT2D eigenvalue weighted by molar-refractivity contribution is -0.137. The molecule has 17 heavy (non-hydrogen) atoms. The molecule has 0 spiro atoms. The van der Waals surface area contributed by atoms with E-state index in [1.54, 1.807) is 11.3 Å². The van der Waals surface area contributed by atoms with Gasteiger partial charge in [-0.05, 0) is 33.2 Å². The van der Waals surface area contributed by atoms with Gasteiger partial charge in [-0.25, -0.2) is 4.98 Å². The summed E-state index contributed by atoms with van der Waals surface area (Å²) in [6.07, 6.45) is 1.80. The summed E-state index contributed by atoms with van der Waals surface area (Å²) in [5.74, 6) is -0.741. The number of aryl methyl sites for hydroxylation is 1. The smallest absolute Gasteiger partial charge is 0.303 e. The second kappa shape index (κ2) is 6.12. The van der Waals surface area contributed by atoms with Crippen molar-refractivity contribution < 1.29 is 9.90 Å². The summed E-state index contributed by atoms with van der Waals surface area (Å²) in [5, 5.41) is 15.1. The first-order valence-electron chi connectivity index (χ1n) is 5.87. The third kappa shape index (κ3) is 4.09. The lowest BCUT2D eigenvalue weighted by Crippen LogP contribution is -2.39. The number of hydrogen-bond donors (Lipinski definition) is 2. The highest BCUT2D eigenvalue weighted by molar-refractivity contribution is 7.09. The zero-order chi connectivity index (χ0) is 12.9. The maximum Gasteiger partial charge on any atom is 0.303 e. The van der Waals surface area contributed by atoms with E-state index >= 15 is 0 Å². The van der Waals surface area contributed by atoms with Crippen molar-refractivity contribution in [1.29, 1.82) is 0 Å². The highest BCUT2D eigenvalue weighted by Gasteiger charge is 2.26. The van der Waals surface area contributed by atoms with Crippen molar-refractivity contribution >= 4 is 17.3 Å². The first-order valence-corrected chi connectivity index (χ1v) is 6.75. The van der Waals surface area contributed by atoms with Crippen molar-refractivity contribution in [2.24, 2.45) is 0 Å². The van der Waals surface area contributed by atoms with Gasteiger partial charge in [0.2, 0.25) is 0 Å². The summed E-state index contributed by atoms with van der Waals surface area (Å²) in [7, 11) is 0. The minimum atomic E-state index is -0.741. The quantitative estimate of drug-likeness (QED) is 0.736. The van der Waals surface area contributed by atoms with Gasteiger partial charge >= 0.3 is 5.97 Å². The summed E-state index contributed by atoms with van der Waals surface area (Å²) < 4.78 is 0. The molecule has 1 atom stereocenters. The Morgan fingerprint density at radius 1 is 1.65 bits per heavy atom. The molecule has 1 aromatic heterocycles. The SMILES string of the molecule is CCC(C)(NCCCC(=O)O)c1nc(C)cs1. The van der Waals surface area contributed by atoms with Crippen LogP contribution >= 0.6 is 11.3 Å². The van der Waals surface area contributed by atoms with E-state index in [1.165, 1.54) is 0 Å². The number of rotatable bonds is 7. The molecule has 0 aliphatic carbocycles. The second-order valence-corrected chi connectivity index (χ2v) is 5.26. The Morgan fingerprint density at radius 3 is 2.82 bits per heavy atom. The third-order valence-electron chi connectivity index (χ3n) is 2.88. The van der Waals surface area contributed by atoms with E-state index < -0.39 is 5.97 Å². The summed E-state index contributed by atoms with van der Waals surface area (Å²) in [6, 6.07) is 0. The van der Waals surface area contributed by atoms with Crippen LogP contribution in [0.25, 0.3) is 0 Å². The Morgan fingerprint density at radius 2 is 2.35 bits per heavy atom. The Kier molecular flexibility index (Phi) is 5.08. The van der Waals surface area contributed by atoms with Crippen LogP contribution in [0.15, 0.2) is 5.38 Å². The molecule has 5 heteroatoms. The number of carboxylic acids is 1. The molecule has 2 N–H and O–H groups in total. The van der Waals surface area contributed by atoms with Crippen LogP contribution in [-0.4, -0.2) is 22.6 Å². The molecule has 4 nitrogen and oxygen atoms in total. The van der Waals surface area contributed by atoms with Crippen molar-refractivity contribution in [3.63, 3.8) is 0 Å². The number of aliphatic carboxylic acids is 1. The van der Waals surface area contributed by atoms with Gasteiger partial charge in [-0.2, -0.15) is 0 Å². The third-order valence-corrected chi connectivity index (χ3v) is 4.10. The van der Waals surface area contributed by atoms with Crippen molar-refractivity contribution in [3.05, 3.63) is 16.1 Å². The van der Waals surface area contributed by atoms with E-state index in [4.69, 9.17) is 5.11 Å². The van der Waals surface area contributed by atoms with E-state index in [-0.39, 0.29) is 12.0 Å². The Bertz CT molecular complexity index is 378. The number of nitrogens with one attached hydrogen (secondary N) is 1. The normalized spacial score (nSPS) is 14.5. The minimum Gasteiger partial charge on any atom is -0.481 e. The average molecular weight is 256 g/mol. The number of hydrogen-bond acceptors (Lipinski definition) is 4. The number of carbonyl (C=O) groups is 1. The van der Waals surface area contributed by atoms with Gasteiger partial charge in [0.05, 0.1) is 5.54 Å². The van der Waals surface area contributed by atoms with Crippen LogP contribution in [-0.2, 0) is 10.3 Å². The van der Waals surface area contributed by atoms with E-state index in [0.717, 1.165) is 17.1 Å². The molecule has 0 aromatic carbocycles. The fraction of sp³-hybridized carbons (Fsp3) is 0.667. The monoisotopic (exact) mass is 256 g/mol.